The zero-order valence-electron chi connectivity index (χ0n) is 11.2. The zero-order valence-corrected chi connectivity index (χ0v) is 11.2. The third-order valence-corrected chi connectivity index (χ3v) is 6.02. The molecule has 0 aromatic heterocycles. The Labute approximate surface area is 105 Å². The van der Waals surface area contributed by atoms with Gasteiger partial charge in [-0.05, 0) is 55.3 Å². The van der Waals surface area contributed by atoms with Crippen LogP contribution in [0.5, 0.6) is 0 Å². The van der Waals surface area contributed by atoms with Gasteiger partial charge >= 0.3 is 0 Å². The monoisotopic (exact) mass is 235 g/mol. The average Bonchev–Trinajstić information content (AvgIpc) is 2.24. The van der Waals surface area contributed by atoms with E-state index in [4.69, 9.17) is 0 Å². The minimum absolute atomic E-state index is 0.329. The largest absolute Gasteiger partial charge is 0.356 e. The van der Waals surface area contributed by atoms with Crippen molar-refractivity contribution in [2.75, 3.05) is 6.54 Å². The molecule has 0 aromatic carbocycles. The fraction of sp³-hybridized carbons (Fsp3) is 0.933. The van der Waals surface area contributed by atoms with E-state index >= 15 is 0 Å². The summed E-state index contributed by atoms with van der Waals surface area (Å²) in [6.07, 6.45) is 7.62. The Morgan fingerprint density at radius 1 is 1.24 bits per heavy atom. The van der Waals surface area contributed by atoms with Crippen molar-refractivity contribution in [1.82, 2.24) is 5.32 Å². The Kier molecular flexibility index (Phi) is 2.72. The maximum Gasteiger partial charge on any atom is 0.223 e. The van der Waals surface area contributed by atoms with Crippen molar-refractivity contribution in [2.24, 2.45) is 29.1 Å². The summed E-state index contributed by atoms with van der Waals surface area (Å²) in [5, 5.41) is 3.21. The molecule has 1 amide bonds. The van der Waals surface area contributed by atoms with Crippen molar-refractivity contribution < 1.29 is 4.79 Å². The van der Waals surface area contributed by atoms with Crippen LogP contribution in [0.4, 0.5) is 0 Å². The van der Waals surface area contributed by atoms with Gasteiger partial charge in [-0.15, -0.1) is 0 Å². The Balaban J connectivity index is 1.50. The molecule has 4 fully saturated rings. The van der Waals surface area contributed by atoms with Crippen molar-refractivity contribution in [3.63, 3.8) is 0 Å². The standard InChI is InChI=1S/C15H25NO/c1-15(2)12-7-6-11(13(15)8-12)9-16-14(17)10-4-3-5-10/h10-13H,3-9H2,1-2H3,(H,16,17)/t11-,12+,13+/m0/s1. The quantitative estimate of drug-likeness (QED) is 0.800. The molecule has 0 radical (unpaired) electrons. The van der Waals surface area contributed by atoms with Crippen molar-refractivity contribution in [3.05, 3.63) is 0 Å². The van der Waals surface area contributed by atoms with E-state index in [0.717, 1.165) is 37.1 Å². The Hall–Kier alpha value is -0.530. The van der Waals surface area contributed by atoms with Gasteiger partial charge in [-0.2, -0.15) is 0 Å². The first-order valence-corrected chi connectivity index (χ1v) is 7.36. The molecule has 0 spiro atoms. The van der Waals surface area contributed by atoms with E-state index in [2.05, 4.69) is 19.2 Å². The molecule has 2 nitrogen and oxygen atoms in total. The van der Waals surface area contributed by atoms with Crippen LogP contribution in [0.3, 0.4) is 0 Å². The van der Waals surface area contributed by atoms with Gasteiger partial charge in [-0.3, -0.25) is 4.79 Å². The van der Waals surface area contributed by atoms with E-state index in [9.17, 15) is 4.79 Å². The molecule has 0 heterocycles. The van der Waals surface area contributed by atoms with Crippen LogP contribution >= 0.6 is 0 Å². The molecule has 2 bridgehead atoms. The molecule has 4 rings (SSSR count). The summed E-state index contributed by atoms with van der Waals surface area (Å²) in [6, 6.07) is 0. The number of carbonyl (C=O) groups is 1. The lowest BCUT2D eigenvalue weighted by molar-refractivity contribution is -0.130. The van der Waals surface area contributed by atoms with E-state index < -0.39 is 0 Å². The topological polar surface area (TPSA) is 29.1 Å². The van der Waals surface area contributed by atoms with Crippen molar-refractivity contribution >= 4 is 5.91 Å². The second-order valence-corrected chi connectivity index (χ2v) is 7.07. The lowest BCUT2D eigenvalue weighted by atomic mass is 9.45. The molecule has 0 aromatic rings. The van der Waals surface area contributed by atoms with Gasteiger partial charge in [-0.1, -0.05) is 20.3 Å². The van der Waals surface area contributed by atoms with E-state index in [-0.39, 0.29) is 0 Å². The first kappa shape index (κ1) is 11.6. The summed E-state index contributed by atoms with van der Waals surface area (Å²) in [5.41, 5.74) is 0.546. The highest BCUT2D eigenvalue weighted by atomic mass is 16.1. The second-order valence-electron chi connectivity index (χ2n) is 7.07. The van der Waals surface area contributed by atoms with Gasteiger partial charge in [0.05, 0.1) is 0 Å². The molecule has 96 valence electrons. The van der Waals surface area contributed by atoms with Crippen LogP contribution in [0.15, 0.2) is 0 Å². The smallest absolute Gasteiger partial charge is 0.223 e. The summed E-state index contributed by atoms with van der Waals surface area (Å²) in [6.45, 7) is 5.79. The average molecular weight is 235 g/mol. The molecule has 4 saturated carbocycles. The van der Waals surface area contributed by atoms with E-state index in [1.807, 2.05) is 0 Å². The minimum atomic E-state index is 0.329. The fourth-order valence-corrected chi connectivity index (χ4v) is 4.25. The number of carbonyl (C=O) groups excluding carboxylic acids is 1. The number of nitrogens with one attached hydrogen (secondary N) is 1. The molecule has 2 heteroatoms. The molecule has 17 heavy (non-hydrogen) atoms. The van der Waals surface area contributed by atoms with Crippen LogP contribution in [0.2, 0.25) is 0 Å². The highest BCUT2D eigenvalue weighted by molar-refractivity contribution is 5.79. The van der Waals surface area contributed by atoms with Gasteiger partial charge in [0.25, 0.3) is 0 Å². The van der Waals surface area contributed by atoms with Crippen LogP contribution in [0.1, 0.15) is 52.4 Å². The predicted octanol–water partition coefficient (Wildman–Crippen LogP) is 2.98. The van der Waals surface area contributed by atoms with Gasteiger partial charge in [0.1, 0.15) is 0 Å². The van der Waals surface area contributed by atoms with Crippen LogP contribution in [0, 0.1) is 29.1 Å². The summed E-state index contributed by atoms with van der Waals surface area (Å²) < 4.78 is 0. The lowest BCUT2D eigenvalue weighted by Crippen LogP contribution is -2.55. The van der Waals surface area contributed by atoms with Gasteiger partial charge in [0.15, 0.2) is 0 Å². The van der Waals surface area contributed by atoms with Crippen LogP contribution in [-0.4, -0.2) is 12.5 Å². The number of fused-ring (bicyclic) bond motifs is 2. The van der Waals surface area contributed by atoms with Crippen LogP contribution in [0.25, 0.3) is 0 Å². The number of amides is 1. The third-order valence-electron chi connectivity index (χ3n) is 6.02. The van der Waals surface area contributed by atoms with Gasteiger partial charge in [0.2, 0.25) is 5.91 Å². The Morgan fingerprint density at radius 2 is 2.00 bits per heavy atom. The van der Waals surface area contributed by atoms with Crippen LogP contribution in [-0.2, 0) is 4.79 Å². The Morgan fingerprint density at radius 3 is 2.53 bits per heavy atom. The van der Waals surface area contributed by atoms with Gasteiger partial charge in [-0.25, -0.2) is 0 Å². The summed E-state index contributed by atoms with van der Waals surface area (Å²) in [7, 11) is 0. The number of hydrogen-bond donors (Lipinski definition) is 1. The van der Waals surface area contributed by atoms with Gasteiger partial charge < -0.3 is 5.32 Å². The first-order valence-electron chi connectivity index (χ1n) is 7.36. The summed E-state index contributed by atoms with van der Waals surface area (Å²) >= 11 is 0. The van der Waals surface area contributed by atoms with Gasteiger partial charge in [0, 0.05) is 12.5 Å². The van der Waals surface area contributed by atoms with Crippen molar-refractivity contribution in [3.8, 4) is 0 Å². The lowest BCUT2D eigenvalue weighted by Gasteiger charge is -2.60. The van der Waals surface area contributed by atoms with Crippen LogP contribution < -0.4 is 5.32 Å². The molecule has 4 aliphatic rings. The Bertz CT molecular complexity index is 317. The third kappa shape index (κ3) is 1.80. The predicted molar refractivity (Wildman–Crippen MR) is 68.5 cm³/mol. The van der Waals surface area contributed by atoms with Crippen molar-refractivity contribution in [1.29, 1.82) is 0 Å². The highest BCUT2D eigenvalue weighted by Crippen LogP contribution is 2.61. The molecule has 4 aliphatic carbocycles. The fourth-order valence-electron chi connectivity index (χ4n) is 4.25. The second kappa shape index (κ2) is 4.00. The molecule has 0 unspecified atom stereocenters. The minimum Gasteiger partial charge on any atom is -0.356 e. The molecular weight excluding hydrogens is 210 g/mol. The van der Waals surface area contributed by atoms with E-state index in [1.165, 1.54) is 25.7 Å². The SMILES string of the molecule is CC1(C)[C@@H]2CC[C@@H](CNC(=O)C3CCC3)[C@H]1C2. The maximum atomic E-state index is 11.8. The normalized spacial score (nSPS) is 39.1. The number of hydrogen-bond acceptors (Lipinski definition) is 1. The first-order chi connectivity index (χ1) is 8.09. The highest BCUT2D eigenvalue weighted by Gasteiger charge is 2.53. The summed E-state index contributed by atoms with van der Waals surface area (Å²) in [5.74, 6) is 3.25. The molecule has 3 atom stereocenters. The molecular formula is C15H25NO. The molecule has 0 saturated heterocycles. The van der Waals surface area contributed by atoms with E-state index in [1.54, 1.807) is 0 Å². The molecule has 0 aliphatic heterocycles. The maximum absolute atomic E-state index is 11.8. The zero-order chi connectivity index (χ0) is 12.0. The number of rotatable bonds is 3. The van der Waals surface area contributed by atoms with E-state index in [0.29, 0.717) is 17.2 Å². The summed E-state index contributed by atoms with van der Waals surface area (Å²) in [4.78, 5) is 11.8. The van der Waals surface area contributed by atoms with Crippen molar-refractivity contribution in [2.45, 2.75) is 52.4 Å². The molecule has 1 N–H and O–H groups in total.